The van der Waals surface area contributed by atoms with Crippen molar-refractivity contribution in [3.63, 3.8) is 0 Å². The zero-order valence-corrected chi connectivity index (χ0v) is 22.9. The molecule has 0 N–H and O–H groups in total. The molecule has 5 aromatic rings. The molecule has 0 radical (unpaired) electrons. The van der Waals surface area contributed by atoms with E-state index >= 15 is 0 Å². The molecular formula is C28H17BrClIOSi. The quantitative estimate of drug-likeness (QED) is 0.159. The van der Waals surface area contributed by atoms with Gasteiger partial charge in [0, 0.05) is 13.1 Å². The van der Waals surface area contributed by atoms with Crippen LogP contribution in [0.5, 0.6) is 11.5 Å². The van der Waals surface area contributed by atoms with Crippen LogP contribution in [-0.4, -0.2) is 8.07 Å². The maximum absolute atomic E-state index is 6.43. The number of hydrogen-bond donors (Lipinski definition) is 0. The topological polar surface area (TPSA) is 9.23 Å². The van der Waals surface area contributed by atoms with Crippen molar-refractivity contribution in [2.24, 2.45) is 0 Å². The van der Waals surface area contributed by atoms with E-state index in [2.05, 4.69) is 123 Å². The lowest BCUT2D eigenvalue weighted by molar-refractivity contribution is 0.487. The van der Waals surface area contributed by atoms with Crippen molar-refractivity contribution in [1.29, 1.82) is 0 Å². The fraction of sp³-hybridized carbons (Fsp3) is 0. The first-order valence-corrected chi connectivity index (χ1v) is 14.8. The summed E-state index contributed by atoms with van der Waals surface area (Å²) in [6, 6.07) is 36.9. The second-order valence-electron chi connectivity index (χ2n) is 8.20. The van der Waals surface area contributed by atoms with Gasteiger partial charge >= 0.3 is 0 Å². The Kier molecular flexibility index (Phi) is 5.37. The molecule has 1 atom stereocenters. The van der Waals surface area contributed by atoms with Gasteiger partial charge in [-0.05, 0) is 96.6 Å². The van der Waals surface area contributed by atoms with Gasteiger partial charge in [0.2, 0.25) is 0 Å². The highest BCUT2D eigenvalue weighted by molar-refractivity contribution is 14.1. The standard InChI is InChI=1S/C28H17BrClIOSi/c29-20-7-12-23(13-8-20)33(24-11-6-18-15-22(31)10-5-19(18)16-24)27-4-2-1-3-25(27)32-26-17-21(30)9-14-28(26)33/h1-17H. The lowest BCUT2D eigenvalue weighted by Crippen LogP contribution is -2.76. The summed E-state index contributed by atoms with van der Waals surface area (Å²) in [5.74, 6) is 1.75. The monoisotopic (exact) mass is 638 g/mol. The number of ether oxygens (including phenoxy) is 1. The maximum Gasteiger partial charge on any atom is 0.188 e. The Labute approximate surface area is 220 Å². The largest absolute Gasteiger partial charge is 0.457 e. The molecule has 1 aliphatic rings. The third kappa shape index (κ3) is 3.46. The minimum Gasteiger partial charge on any atom is -0.457 e. The fourth-order valence-electron chi connectivity index (χ4n) is 4.96. The Bertz CT molecular complexity index is 1540. The average Bonchev–Trinajstić information content (AvgIpc) is 2.83. The Balaban J connectivity index is 1.77. The average molecular weight is 640 g/mol. The second-order valence-corrected chi connectivity index (χ2v) is 14.5. The molecule has 0 spiro atoms. The van der Waals surface area contributed by atoms with E-state index in [0.29, 0.717) is 5.02 Å². The van der Waals surface area contributed by atoms with E-state index in [-0.39, 0.29) is 0 Å². The molecule has 0 bridgehead atoms. The van der Waals surface area contributed by atoms with Crippen LogP contribution in [0.1, 0.15) is 0 Å². The van der Waals surface area contributed by atoms with E-state index in [0.717, 1.165) is 16.0 Å². The van der Waals surface area contributed by atoms with Gasteiger partial charge in [-0.3, -0.25) is 0 Å². The number of hydrogen-bond acceptors (Lipinski definition) is 1. The van der Waals surface area contributed by atoms with Crippen LogP contribution in [0.4, 0.5) is 0 Å². The Morgan fingerprint density at radius 3 is 2.21 bits per heavy atom. The Hall–Kier alpha value is -2.12. The van der Waals surface area contributed by atoms with Crippen LogP contribution in [0.15, 0.2) is 108 Å². The predicted octanol–water partition coefficient (Wildman–Crippen LogP) is 6.34. The van der Waals surface area contributed by atoms with E-state index in [9.17, 15) is 0 Å². The minimum atomic E-state index is -2.66. The van der Waals surface area contributed by atoms with Gasteiger partial charge in [0.25, 0.3) is 0 Å². The van der Waals surface area contributed by atoms with Crippen LogP contribution in [0, 0.1) is 3.57 Å². The highest BCUT2D eigenvalue weighted by Crippen LogP contribution is 2.31. The zero-order chi connectivity index (χ0) is 22.6. The molecule has 1 unspecified atom stereocenters. The van der Waals surface area contributed by atoms with Gasteiger partial charge < -0.3 is 4.74 Å². The summed E-state index contributed by atoms with van der Waals surface area (Å²) in [7, 11) is -2.66. The van der Waals surface area contributed by atoms with E-state index in [1.165, 1.54) is 35.1 Å². The molecule has 6 rings (SSSR count). The molecule has 0 fully saturated rings. The molecule has 0 saturated heterocycles. The van der Waals surface area contributed by atoms with Crippen molar-refractivity contribution in [3.8, 4) is 11.5 Å². The Morgan fingerprint density at radius 1 is 0.667 bits per heavy atom. The van der Waals surface area contributed by atoms with Gasteiger partial charge in [0.05, 0.1) is 0 Å². The van der Waals surface area contributed by atoms with Crippen molar-refractivity contribution < 1.29 is 4.74 Å². The van der Waals surface area contributed by atoms with Gasteiger partial charge in [0.15, 0.2) is 8.07 Å². The lowest BCUT2D eigenvalue weighted by Gasteiger charge is -2.39. The number of para-hydroxylation sites is 1. The highest BCUT2D eigenvalue weighted by atomic mass is 127. The number of fused-ring (bicyclic) bond motifs is 3. The summed E-state index contributed by atoms with van der Waals surface area (Å²) >= 11 is 12.4. The van der Waals surface area contributed by atoms with Crippen LogP contribution in [0.3, 0.4) is 0 Å². The molecule has 0 amide bonds. The molecular weight excluding hydrogens is 623 g/mol. The van der Waals surface area contributed by atoms with Crippen molar-refractivity contribution >= 4 is 89.7 Å². The molecule has 0 aliphatic carbocycles. The van der Waals surface area contributed by atoms with Crippen molar-refractivity contribution in [2.45, 2.75) is 0 Å². The summed E-state index contributed by atoms with van der Waals surface area (Å²) in [5, 5.41) is 8.30. The third-order valence-electron chi connectivity index (χ3n) is 6.37. The van der Waals surface area contributed by atoms with Crippen LogP contribution in [0.25, 0.3) is 10.8 Å². The molecule has 160 valence electrons. The van der Waals surface area contributed by atoms with Gasteiger partial charge in [-0.2, -0.15) is 0 Å². The summed E-state index contributed by atoms with van der Waals surface area (Å²) < 4.78 is 8.73. The summed E-state index contributed by atoms with van der Waals surface area (Å²) in [6.07, 6.45) is 0. The summed E-state index contributed by atoms with van der Waals surface area (Å²) in [4.78, 5) is 0. The first-order chi connectivity index (χ1) is 16.1. The predicted molar refractivity (Wildman–Crippen MR) is 153 cm³/mol. The van der Waals surface area contributed by atoms with E-state index in [1.807, 2.05) is 18.2 Å². The van der Waals surface area contributed by atoms with Crippen molar-refractivity contribution in [1.82, 2.24) is 0 Å². The molecule has 1 nitrogen and oxygen atoms in total. The number of halogens is 3. The van der Waals surface area contributed by atoms with Gasteiger partial charge in [-0.1, -0.05) is 88.2 Å². The lowest BCUT2D eigenvalue weighted by atomic mass is 10.1. The third-order valence-corrected chi connectivity index (χ3v) is 12.6. The second kappa shape index (κ2) is 8.27. The molecule has 0 aromatic heterocycles. The highest BCUT2D eigenvalue weighted by Gasteiger charge is 2.48. The molecule has 5 heteroatoms. The fourth-order valence-corrected chi connectivity index (χ4v) is 10.8. The molecule has 1 aliphatic heterocycles. The summed E-state index contributed by atoms with van der Waals surface area (Å²) in [6.45, 7) is 0. The Morgan fingerprint density at radius 2 is 1.36 bits per heavy atom. The first-order valence-electron chi connectivity index (χ1n) is 10.6. The van der Waals surface area contributed by atoms with Crippen LogP contribution in [0.2, 0.25) is 5.02 Å². The normalized spacial score (nSPS) is 16.7. The van der Waals surface area contributed by atoms with E-state index in [4.69, 9.17) is 16.3 Å². The zero-order valence-electron chi connectivity index (χ0n) is 17.4. The van der Waals surface area contributed by atoms with E-state index < -0.39 is 8.07 Å². The van der Waals surface area contributed by atoms with Gasteiger partial charge in [0.1, 0.15) is 11.5 Å². The van der Waals surface area contributed by atoms with Gasteiger partial charge in [-0.25, -0.2) is 0 Å². The number of benzene rings is 5. The SMILES string of the molecule is Clc1ccc2c(c1)Oc1ccccc1[Si]2(c1ccc(Br)cc1)c1ccc2cc(I)ccc2c1. The minimum absolute atomic E-state index is 0.680. The van der Waals surface area contributed by atoms with Crippen LogP contribution >= 0.6 is 50.1 Å². The van der Waals surface area contributed by atoms with E-state index in [1.54, 1.807) is 0 Å². The van der Waals surface area contributed by atoms with Crippen molar-refractivity contribution in [2.75, 3.05) is 0 Å². The number of rotatable bonds is 2. The van der Waals surface area contributed by atoms with Crippen LogP contribution in [-0.2, 0) is 0 Å². The summed E-state index contributed by atoms with van der Waals surface area (Å²) in [5.41, 5.74) is 0. The molecule has 33 heavy (non-hydrogen) atoms. The van der Waals surface area contributed by atoms with Gasteiger partial charge in [-0.15, -0.1) is 0 Å². The molecule has 0 saturated carbocycles. The van der Waals surface area contributed by atoms with Crippen molar-refractivity contribution in [3.05, 3.63) is 116 Å². The molecule has 1 heterocycles. The maximum atomic E-state index is 6.43. The smallest absolute Gasteiger partial charge is 0.188 e. The first kappa shape index (κ1) is 21.4. The molecule has 5 aromatic carbocycles. The van der Waals surface area contributed by atoms with Crippen LogP contribution < -0.4 is 25.5 Å².